The number of rotatable bonds is 6. The molecule has 1 atom stereocenters. The van der Waals surface area contributed by atoms with E-state index in [0.29, 0.717) is 18.8 Å². The van der Waals surface area contributed by atoms with Gasteiger partial charge in [0.2, 0.25) is 11.8 Å². The van der Waals surface area contributed by atoms with E-state index < -0.39 is 0 Å². The quantitative estimate of drug-likeness (QED) is 0.833. The number of nitrogens with one attached hydrogen (secondary N) is 1. The van der Waals surface area contributed by atoms with Gasteiger partial charge < -0.3 is 19.9 Å². The van der Waals surface area contributed by atoms with Crippen molar-refractivity contribution in [1.82, 2.24) is 20.1 Å². The summed E-state index contributed by atoms with van der Waals surface area (Å²) in [4.78, 5) is 21.4. The zero-order chi connectivity index (χ0) is 20.1. The zero-order valence-electron chi connectivity index (χ0n) is 17.2. The number of hydrogen-bond acceptors (Lipinski definition) is 5. The summed E-state index contributed by atoms with van der Waals surface area (Å²) in [6.07, 6.45) is 2.20. The Labute approximate surface area is 167 Å². The minimum absolute atomic E-state index is 0.0500. The fourth-order valence-corrected chi connectivity index (χ4v) is 3.51. The second-order valence-electron chi connectivity index (χ2n) is 7.67. The van der Waals surface area contributed by atoms with Crippen LogP contribution in [-0.2, 0) is 11.3 Å². The molecule has 28 heavy (non-hydrogen) atoms. The topological polar surface area (TPSA) is 57.7 Å². The van der Waals surface area contributed by atoms with E-state index in [2.05, 4.69) is 34.2 Å². The average Bonchev–Trinajstić information content (AvgIpc) is 2.67. The maximum Gasteiger partial charge on any atom is 0.224 e. The van der Waals surface area contributed by atoms with Crippen LogP contribution in [0.4, 0.5) is 0 Å². The Morgan fingerprint density at radius 2 is 1.93 bits per heavy atom. The molecule has 0 unspecified atom stereocenters. The molecule has 0 spiro atoms. The van der Waals surface area contributed by atoms with E-state index in [1.807, 2.05) is 44.2 Å². The lowest BCUT2D eigenvalue weighted by Crippen LogP contribution is -2.51. The first-order valence-corrected chi connectivity index (χ1v) is 9.77. The van der Waals surface area contributed by atoms with Crippen LogP contribution in [0.15, 0.2) is 36.5 Å². The van der Waals surface area contributed by atoms with E-state index in [9.17, 15) is 4.79 Å². The van der Waals surface area contributed by atoms with Gasteiger partial charge in [-0.2, -0.15) is 0 Å². The predicted octanol–water partition coefficient (Wildman–Crippen LogP) is 2.74. The Bertz CT molecular complexity index is 804. The normalized spacial score (nSPS) is 18.1. The number of aryl methyl sites for hydroxylation is 2. The molecule has 6 heteroatoms. The molecule has 2 heterocycles. The average molecular weight is 383 g/mol. The van der Waals surface area contributed by atoms with Gasteiger partial charge in [0.05, 0.1) is 0 Å². The third-order valence-electron chi connectivity index (χ3n) is 5.33. The maximum atomic E-state index is 12.5. The number of carbonyl (C=O) groups is 1. The number of piperazine rings is 1. The van der Waals surface area contributed by atoms with Gasteiger partial charge in [-0.15, -0.1) is 0 Å². The Morgan fingerprint density at radius 3 is 2.68 bits per heavy atom. The van der Waals surface area contributed by atoms with Crippen molar-refractivity contribution < 1.29 is 9.53 Å². The third-order valence-corrected chi connectivity index (χ3v) is 5.33. The summed E-state index contributed by atoms with van der Waals surface area (Å²) in [6, 6.07) is 10.1. The lowest BCUT2D eigenvalue weighted by Gasteiger charge is -2.37. The first kappa shape index (κ1) is 20.3. The zero-order valence-corrected chi connectivity index (χ0v) is 17.2. The van der Waals surface area contributed by atoms with Crippen molar-refractivity contribution in [3.8, 4) is 11.6 Å². The molecule has 150 valence electrons. The number of amides is 1. The Balaban J connectivity index is 1.63. The SMILES string of the molecule is Cc1cccc(C)c1Oc1ncccc1CNC(=O)C[C@@H]1CN(C)CCN1C. The highest BCUT2D eigenvalue weighted by atomic mass is 16.5. The Kier molecular flexibility index (Phi) is 6.65. The van der Waals surface area contributed by atoms with E-state index >= 15 is 0 Å². The molecule has 0 radical (unpaired) electrons. The number of ether oxygens (including phenoxy) is 1. The summed E-state index contributed by atoms with van der Waals surface area (Å²) < 4.78 is 6.11. The second-order valence-corrected chi connectivity index (χ2v) is 7.67. The fourth-order valence-electron chi connectivity index (χ4n) is 3.51. The van der Waals surface area contributed by atoms with E-state index in [1.54, 1.807) is 6.20 Å². The summed E-state index contributed by atoms with van der Waals surface area (Å²) in [7, 11) is 4.19. The van der Waals surface area contributed by atoms with Crippen LogP contribution in [0.3, 0.4) is 0 Å². The summed E-state index contributed by atoms with van der Waals surface area (Å²) in [6.45, 7) is 7.39. The van der Waals surface area contributed by atoms with Gasteiger partial charge in [0, 0.05) is 50.4 Å². The molecule has 1 amide bonds. The van der Waals surface area contributed by atoms with Gasteiger partial charge in [-0.05, 0) is 45.1 Å². The molecule has 3 rings (SSSR count). The highest BCUT2D eigenvalue weighted by molar-refractivity contribution is 5.76. The number of para-hydroxylation sites is 1. The second kappa shape index (κ2) is 9.17. The van der Waals surface area contributed by atoms with Gasteiger partial charge in [0.1, 0.15) is 5.75 Å². The largest absolute Gasteiger partial charge is 0.438 e. The van der Waals surface area contributed by atoms with Crippen molar-refractivity contribution in [2.75, 3.05) is 33.7 Å². The number of likely N-dealkylation sites (N-methyl/N-ethyl adjacent to an activating group) is 2. The number of carbonyl (C=O) groups excluding carboxylic acids is 1. The summed E-state index contributed by atoms with van der Waals surface area (Å²) in [5.41, 5.74) is 2.99. The first-order chi connectivity index (χ1) is 13.4. The molecule has 0 aliphatic carbocycles. The summed E-state index contributed by atoms with van der Waals surface area (Å²) in [5, 5.41) is 3.03. The van der Waals surface area contributed by atoms with Crippen LogP contribution in [0, 0.1) is 13.8 Å². The molecule has 1 aromatic heterocycles. The first-order valence-electron chi connectivity index (χ1n) is 9.77. The molecule has 1 aromatic carbocycles. The van der Waals surface area contributed by atoms with Crippen molar-refractivity contribution in [3.63, 3.8) is 0 Å². The minimum atomic E-state index is 0.0500. The van der Waals surface area contributed by atoms with E-state index in [1.165, 1.54) is 0 Å². The van der Waals surface area contributed by atoms with Crippen LogP contribution in [-0.4, -0.2) is 60.5 Å². The highest BCUT2D eigenvalue weighted by Gasteiger charge is 2.24. The molecule has 1 aliphatic rings. The van der Waals surface area contributed by atoms with E-state index in [-0.39, 0.29) is 11.9 Å². The number of aromatic nitrogens is 1. The maximum absolute atomic E-state index is 12.5. The number of pyridine rings is 1. The van der Waals surface area contributed by atoms with Crippen molar-refractivity contribution in [3.05, 3.63) is 53.2 Å². The van der Waals surface area contributed by atoms with Crippen LogP contribution in [0.5, 0.6) is 11.6 Å². The third kappa shape index (κ3) is 5.09. The molecule has 6 nitrogen and oxygen atoms in total. The van der Waals surface area contributed by atoms with Crippen LogP contribution < -0.4 is 10.1 Å². The molecular formula is C22H30N4O2. The van der Waals surface area contributed by atoms with E-state index in [4.69, 9.17) is 4.74 Å². The fraction of sp³-hybridized carbons (Fsp3) is 0.455. The molecule has 1 fully saturated rings. The van der Waals surface area contributed by atoms with Crippen LogP contribution >= 0.6 is 0 Å². The van der Waals surface area contributed by atoms with Gasteiger partial charge >= 0.3 is 0 Å². The molecule has 0 bridgehead atoms. The van der Waals surface area contributed by atoms with Crippen LogP contribution in [0.25, 0.3) is 0 Å². The van der Waals surface area contributed by atoms with Crippen molar-refractivity contribution in [2.45, 2.75) is 32.9 Å². The lowest BCUT2D eigenvalue weighted by molar-refractivity contribution is -0.122. The van der Waals surface area contributed by atoms with Crippen molar-refractivity contribution in [2.24, 2.45) is 0 Å². The van der Waals surface area contributed by atoms with Gasteiger partial charge in [0.15, 0.2) is 0 Å². The molecule has 1 aliphatic heterocycles. The van der Waals surface area contributed by atoms with Gasteiger partial charge in [0.25, 0.3) is 0 Å². The van der Waals surface area contributed by atoms with Gasteiger partial charge in [-0.3, -0.25) is 4.79 Å². The Morgan fingerprint density at radius 1 is 1.18 bits per heavy atom. The number of benzene rings is 1. The molecule has 2 aromatic rings. The molecule has 1 N–H and O–H groups in total. The van der Waals surface area contributed by atoms with Gasteiger partial charge in [-0.1, -0.05) is 24.3 Å². The summed E-state index contributed by atoms with van der Waals surface area (Å²) in [5.74, 6) is 1.41. The number of nitrogens with zero attached hydrogens (tertiary/aromatic N) is 3. The standard InChI is InChI=1S/C22H30N4O2/c1-16-7-5-8-17(2)21(16)28-22-18(9-6-10-23-22)14-24-20(27)13-19-15-25(3)11-12-26(19)4/h5-10,19H,11-15H2,1-4H3,(H,24,27)/t19-/m1/s1. The molecule has 1 saturated heterocycles. The van der Waals surface area contributed by atoms with Crippen molar-refractivity contribution in [1.29, 1.82) is 0 Å². The predicted molar refractivity (Wildman–Crippen MR) is 111 cm³/mol. The lowest BCUT2D eigenvalue weighted by atomic mass is 10.1. The molecule has 0 saturated carbocycles. The highest BCUT2D eigenvalue weighted by Crippen LogP contribution is 2.29. The minimum Gasteiger partial charge on any atom is -0.438 e. The summed E-state index contributed by atoms with van der Waals surface area (Å²) >= 11 is 0. The van der Waals surface area contributed by atoms with Crippen LogP contribution in [0.2, 0.25) is 0 Å². The number of hydrogen-bond donors (Lipinski definition) is 1. The van der Waals surface area contributed by atoms with E-state index in [0.717, 1.165) is 42.1 Å². The molecular weight excluding hydrogens is 352 g/mol. The Hall–Kier alpha value is -2.44. The van der Waals surface area contributed by atoms with Gasteiger partial charge in [-0.25, -0.2) is 4.98 Å². The monoisotopic (exact) mass is 382 g/mol. The smallest absolute Gasteiger partial charge is 0.224 e. The van der Waals surface area contributed by atoms with Crippen molar-refractivity contribution >= 4 is 5.91 Å². The van der Waals surface area contributed by atoms with Crippen LogP contribution in [0.1, 0.15) is 23.1 Å².